The minimum atomic E-state index is -4.05. The summed E-state index contributed by atoms with van der Waals surface area (Å²) in [5, 5.41) is 2.58. The fourth-order valence-electron chi connectivity index (χ4n) is 3.70. The van der Waals surface area contributed by atoms with E-state index >= 15 is 0 Å². The van der Waals surface area contributed by atoms with E-state index in [0.29, 0.717) is 5.69 Å². The van der Waals surface area contributed by atoms with E-state index in [-0.39, 0.29) is 17.3 Å². The Morgan fingerprint density at radius 3 is 2.06 bits per heavy atom. The van der Waals surface area contributed by atoms with Crippen LogP contribution in [0.3, 0.4) is 0 Å². The molecule has 3 rings (SSSR count). The van der Waals surface area contributed by atoms with Crippen molar-refractivity contribution in [2.45, 2.75) is 38.3 Å². The monoisotopic (exact) mass is 493 g/mol. The van der Waals surface area contributed by atoms with Crippen LogP contribution in [-0.2, 0) is 26.2 Å². The second kappa shape index (κ2) is 11.2. The van der Waals surface area contributed by atoms with Gasteiger partial charge in [0.15, 0.2) is 0 Å². The van der Waals surface area contributed by atoms with Gasteiger partial charge in [0, 0.05) is 13.6 Å². The van der Waals surface area contributed by atoms with Crippen molar-refractivity contribution in [1.29, 1.82) is 0 Å². The Morgan fingerprint density at radius 1 is 0.886 bits per heavy atom. The highest BCUT2D eigenvalue weighted by Gasteiger charge is 2.32. The maximum absolute atomic E-state index is 13.7. The number of benzene rings is 3. The lowest BCUT2D eigenvalue weighted by Gasteiger charge is -2.32. The first-order chi connectivity index (χ1) is 16.6. The van der Waals surface area contributed by atoms with E-state index in [4.69, 9.17) is 0 Å². The first-order valence-corrected chi connectivity index (χ1v) is 12.8. The molecule has 1 atom stereocenters. The zero-order chi connectivity index (χ0) is 25.6. The SMILES string of the molecule is CNC(=O)[C@@H](C)N(Cc1ccccc1)C(=O)CN(c1ccc(C)c(C)c1)S(=O)(=O)c1ccccc1. The topological polar surface area (TPSA) is 86.8 Å². The number of anilines is 1. The van der Waals surface area contributed by atoms with Gasteiger partial charge in [0.05, 0.1) is 10.6 Å². The molecule has 3 aromatic carbocycles. The highest BCUT2D eigenvalue weighted by Crippen LogP contribution is 2.26. The lowest BCUT2D eigenvalue weighted by Crippen LogP contribution is -2.50. The van der Waals surface area contributed by atoms with Gasteiger partial charge in [0.1, 0.15) is 12.6 Å². The summed E-state index contributed by atoms with van der Waals surface area (Å²) < 4.78 is 28.5. The molecule has 0 heterocycles. The van der Waals surface area contributed by atoms with E-state index in [9.17, 15) is 18.0 Å². The maximum atomic E-state index is 13.7. The first kappa shape index (κ1) is 26.0. The molecule has 2 amide bonds. The van der Waals surface area contributed by atoms with Gasteiger partial charge >= 0.3 is 0 Å². The Morgan fingerprint density at radius 2 is 1.49 bits per heavy atom. The summed E-state index contributed by atoms with van der Waals surface area (Å²) in [4.78, 5) is 27.6. The van der Waals surface area contributed by atoms with Crippen molar-refractivity contribution in [1.82, 2.24) is 10.2 Å². The summed E-state index contributed by atoms with van der Waals surface area (Å²) >= 11 is 0. The summed E-state index contributed by atoms with van der Waals surface area (Å²) in [6.45, 7) is 5.18. The quantitative estimate of drug-likeness (QED) is 0.493. The van der Waals surface area contributed by atoms with Gasteiger partial charge < -0.3 is 10.2 Å². The molecule has 3 aromatic rings. The van der Waals surface area contributed by atoms with E-state index in [1.54, 1.807) is 37.3 Å². The van der Waals surface area contributed by atoms with Crippen LogP contribution in [0.5, 0.6) is 0 Å². The number of nitrogens with one attached hydrogen (secondary N) is 1. The number of hydrogen-bond donors (Lipinski definition) is 1. The second-order valence-electron chi connectivity index (χ2n) is 8.39. The summed E-state index contributed by atoms with van der Waals surface area (Å²) in [6.07, 6.45) is 0. The molecule has 0 aliphatic heterocycles. The Bertz CT molecular complexity index is 1280. The van der Waals surface area contributed by atoms with Crippen LogP contribution in [0.25, 0.3) is 0 Å². The number of carbonyl (C=O) groups excluding carboxylic acids is 2. The third-order valence-corrected chi connectivity index (χ3v) is 7.79. The van der Waals surface area contributed by atoms with Crippen LogP contribution in [-0.4, -0.2) is 44.8 Å². The van der Waals surface area contributed by atoms with Gasteiger partial charge in [0.25, 0.3) is 10.0 Å². The van der Waals surface area contributed by atoms with Crippen LogP contribution < -0.4 is 9.62 Å². The minimum absolute atomic E-state index is 0.0833. The average molecular weight is 494 g/mol. The fraction of sp³-hybridized carbons (Fsp3) is 0.259. The zero-order valence-corrected chi connectivity index (χ0v) is 21.2. The van der Waals surface area contributed by atoms with Gasteiger partial charge in [-0.25, -0.2) is 8.42 Å². The molecule has 0 saturated heterocycles. The van der Waals surface area contributed by atoms with Crippen LogP contribution in [0.4, 0.5) is 5.69 Å². The lowest BCUT2D eigenvalue weighted by atomic mass is 10.1. The van der Waals surface area contributed by atoms with E-state index < -0.39 is 28.5 Å². The molecule has 7 nitrogen and oxygen atoms in total. The third-order valence-electron chi connectivity index (χ3n) is 6.00. The lowest BCUT2D eigenvalue weighted by molar-refractivity contribution is -0.139. The highest BCUT2D eigenvalue weighted by molar-refractivity contribution is 7.92. The number of aryl methyl sites for hydroxylation is 2. The van der Waals surface area contributed by atoms with E-state index in [0.717, 1.165) is 21.0 Å². The van der Waals surface area contributed by atoms with Gasteiger partial charge in [0.2, 0.25) is 11.8 Å². The molecule has 0 aliphatic rings. The fourth-order valence-corrected chi connectivity index (χ4v) is 5.13. The third kappa shape index (κ3) is 6.08. The molecule has 0 fully saturated rings. The van der Waals surface area contributed by atoms with Crippen LogP contribution in [0.1, 0.15) is 23.6 Å². The van der Waals surface area contributed by atoms with Crippen molar-refractivity contribution in [2.24, 2.45) is 0 Å². The number of nitrogens with zero attached hydrogens (tertiary/aromatic N) is 2. The van der Waals surface area contributed by atoms with Gasteiger partial charge in [-0.05, 0) is 61.7 Å². The second-order valence-corrected chi connectivity index (χ2v) is 10.3. The van der Waals surface area contributed by atoms with E-state index in [1.807, 2.05) is 50.2 Å². The van der Waals surface area contributed by atoms with Crippen molar-refractivity contribution in [3.63, 3.8) is 0 Å². The minimum Gasteiger partial charge on any atom is -0.357 e. The van der Waals surface area contributed by atoms with Crippen LogP contribution in [0.2, 0.25) is 0 Å². The molecule has 8 heteroatoms. The molecular formula is C27H31N3O4S. The number of carbonyl (C=O) groups is 2. The van der Waals surface area contributed by atoms with Crippen LogP contribution >= 0.6 is 0 Å². The van der Waals surface area contributed by atoms with Crippen molar-refractivity contribution in [2.75, 3.05) is 17.9 Å². The normalized spacial score (nSPS) is 12.0. The van der Waals surface area contributed by atoms with Gasteiger partial charge in [-0.15, -0.1) is 0 Å². The summed E-state index contributed by atoms with van der Waals surface area (Å²) in [5.74, 6) is -0.819. The van der Waals surface area contributed by atoms with E-state index in [2.05, 4.69) is 5.32 Å². The summed E-state index contributed by atoms with van der Waals surface area (Å²) in [5.41, 5.74) is 3.14. The molecule has 0 unspecified atom stereocenters. The number of sulfonamides is 1. The standard InChI is InChI=1S/C27H31N3O4S/c1-20-15-16-24(17-21(20)2)30(35(33,34)25-13-9-6-10-14-25)19-26(31)29(22(3)27(32)28-4)18-23-11-7-5-8-12-23/h5-17,22H,18-19H2,1-4H3,(H,28,32)/t22-/m1/s1. The first-order valence-electron chi connectivity index (χ1n) is 11.3. The smallest absolute Gasteiger partial charge is 0.264 e. The number of amides is 2. The number of rotatable bonds is 9. The van der Waals surface area contributed by atoms with Gasteiger partial charge in [-0.1, -0.05) is 54.6 Å². The molecule has 35 heavy (non-hydrogen) atoms. The summed E-state index contributed by atoms with van der Waals surface area (Å²) in [7, 11) is -2.55. The van der Waals surface area contributed by atoms with Crippen LogP contribution in [0, 0.1) is 13.8 Å². The number of hydrogen-bond acceptors (Lipinski definition) is 4. The van der Waals surface area contributed by atoms with Crippen molar-refractivity contribution < 1.29 is 18.0 Å². The Hall–Kier alpha value is -3.65. The molecule has 0 aromatic heterocycles. The Balaban J connectivity index is 2.04. The molecular weight excluding hydrogens is 462 g/mol. The Kier molecular flexibility index (Phi) is 8.30. The summed E-state index contributed by atoms with van der Waals surface area (Å²) in [6, 6.07) is 21.8. The average Bonchev–Trinajstić information content (AvgIpc) is 2.87. The predicted octanol–water partition coefficient (Wildman–Crippen LogP) is 3.66. The highest BCUT2D eigenvalue weighted by atomic mass is 32.2. The Labute approximate surface area is 207 Å². The molecule has 1 N–H and O–H groups in total. The van der Waals surface area contributed by atoms with Crippen molar-refractivity contribution in [3.05, 3.63) is 95.6 Å². The van der Waals surface area contributed by atoms with Crippen LogP contribution in [0.15, 0.2) is 83.8 Å². The molecule has 184 valence electrons. The largest absolute Gasteiger partial charge is 0.357 e. The molecule has 0 aliphatic carbocycles. The van der Waals surface area contributed by atoms with Crippen molar-refractivity contribution >= 4 is 27.5 Å². The maximum Gasteiger partial charge on any atom is 0.264 e. The molecule has 0 saturated carbocycles. The molecule has 0 bridgehead atoms. The predicted molar refractivity (Wildman–Crippen MR) is 137 cm³/mol. The van der Waals surface area contributed by atoms with E-state index in [1.165, 1.54) is 24.1 Å². The zero-order valence-electron chi connectivity index (χ0n) is 20.4. The molecule has 0 spiro atoms. The van der Waals surface area contributed by atoms with Gasteiger partial charge in [-0.3, -0.25) is 13.9 Å². The molecule has 0 radical (unpaired) electrons. The van der Waals surface area contributed by atoms with Gasteiger partial charge in [-0.2, -0.15) is 0 Å². The number of likely N-dealkylation sites (N-methyl/N-ethyl adjacent to an activating group) is 1. The van der Waals surface area contributed by atoms with Crippen molar-refractivity contribution in [3.8, 4) is 0 Å².